The Morgan fingerprint density at radius 1 is 1.58 bits per heavy atom. The number of hydrogen-bond acceptors (Lipinski definition) is 2. The average Bonchev–Trinajstić information content (AvgIpc) is 2.74. The molecule has 0 saturated carbocycles. The van der Waals surface area contributed by atoms with Crippen molar-refractivity contribution >= 4 is 39.1 Å². The molecule has 6 heteroatoms. The first-order valence-corrected chi connectivity index (χ1v) is 7.06. The molecule has 0 radical (unpaired) electrons. The predicted octanol–water partition coefficient (Wildman–Crippen LogP) is 3.96. The number of hydrogen-bond donors (Lipinski definition) is 1. The highest BCUT2D eigenvalue weighted by Gasteiger charge is 2.14. The van der Waals surface area contributed by atoms with Gasteiger partial charge >= 0.3 is 0 Å². The van der Waals surface area contributed by atoms with Crippen molar-refractivity contribution in [1.82, 2.24) is 9.55 Å². The molecule has 0 saturated heterocycles. The van der Waals surface area contributed by atoms with Crippen LogP contribution in [0.5, 0.6) is 0 Å². The Morgan fingerprint density at radius 2 is 2.37 bits per heavy atom. The molecule has 19 heavy (non-hydrogen) atoms. The molecule has 2 aromatic heterocycles. The maximum atomic E-state index is 12.2. The van der Waals surface area contributed by atoms with Crippen LogP contribution >= 0.6 is 27.5 Å². The molecule has 0 aliphatic heterocycles. The maximum Gasteiger partial charge on any atom is 0.272 e. The van der Waals surface area contributed by atoms with E-state index in [1.54, 1.807) is 30.6 Å². The summed E-state index contributed by atoms with van der Waals surface area (Å²) in [5, 5.41) is 3.37. The number of aromatic nitrogens is 2. The molecule has 0 atom stereocenters. The Morgan fingerprint density at radius 3 is 3.05 bits per heavy atom. The van der Waals surface area contributed by atoms with Crippen LogP contribution in [0.1, 0.15) is 23.8 Å². The van der Waals surface area contributed by atoms with Gasteiger partial charge in [0.2, 0.25) is 0 Å². The zero-order valence-electron chi connectivity index (χ0n) is 10.4. The van der Waals surface area contributed by atoms with Gasteiger partial charge in [-0.1, -0.05) is 18.5 Å². The first-order valence-electron chi connectivity index (χ1n) is 5.89. The van der Waals surface area contributed by atoms with Gasteiger partial charge in [0.05, 0.1) is 10.7 Å². The van der Waals surface area contributed by atoms with Gasteiger partial charge in [-0.15, -0.1) is 0 Å². The standard InChI is InChI=1S/C13H13BrClN3O/c1-2-6-18-8-9(15)7-11(18)13(19)17-10-4-3-5-16-12(10)14/h3-5,7-8H,2,6H2,1H3,(H,17,19). The van der Waals surface area contributed by atoms with E-state index in [2.05, 4.69) is 26.2 Å². The highest BCUT2D eigenvalue weighted by atomic mass is 79.9. The van der Waals surface area contributed by atoms with Gasteiger partial charge in [0.25, 0.3) is 5.91 Å². The number of carbonyl (C=O) groups is 1. The van der Waals surface area contributed by atoms with Crippen LogP contribution in [0.4, 0.5) is 5.69 Å². The van der Waals surface area contributed by atoms with Gasteiger partial charge in [-0.2, -0.15) is 0 Å². The van der Waals surface area contributed by atoms with E-state index < -0.39 is 0 Å². The monoisotopic (exact) mass is 341 g/mol. The third-order valence-corrected chi connectivity index (χ3v) is 3.41. The number of aryl methyl sites for hydroxylation is 1. The normalized spacial score (nSPS) is 10.5. The quantitative estimate of drug-likeness (QED) is 0.855. The Bertz CT molecular complexity index is 597. The highest BCUT2D eigenvalue weighted by molar-refractivity contribution is 9.10. The summed E-state index contributed by atoms with van der Waals surface area (Å²) in [5.74, 6) is -0.200. The SMILES string of the molecule is CCCn1cc(Cl)cc1C(=O)Nc1cccnc1Br. The highest BCUT2D eigenvalue weighted by Crippen LogP contribution is 2.21. The minimum Gasteiger partial charge on any atom is -0.342 e. The Balaban J connectivity index is 2.23. The number of carbonyl (C=O) groups excluding carboxylic acids is 1. The topological polar surface area (TPSA) is 46.9 Å². The summed E-state index contributed by atoms with van der Waals surface area (Å²) in [6, 6.07) is 5.21. The van der Waals surface area contributed by atoms with E-state index >= 15 is 0 Å². The van der Waals surface area contributed by atoms with E-state index in [-0.39, 0.29) is 5.91 Å². The molecule has 0 aliphatic carbocycles. The van der Waals surface area contributed by atoms with E-state index in [0.717, 1.165) is 13.0 Å². The van der Waals surface area contributed by atoms with Crippen LogP contribution in [0.3, 0.4) is 0 Å². The van der Waals surface area contributed by atoms with Crippen molar-refractivity contribution in [1.29, 1.82) is 0 Å². The first-order chi connectivity index (χ1) is 9.11. The van der Waals surface area contributed by atoms with E-state index in [1.165, 1.54) is 0 Å². The lowest BCUT2D eigenvalue weighted by Crippen LogP contribution is -2.17. The van der Waals surface area contributed by atoms with Crippen molar-refractivity contribution in [2.24, 2.45) is 0 Å². The van der Waals surface area contributed by atoms with Crippen LogP contribution in [0.2, 0.25) is 5.02 Å². The third-order valence-electron chi connectivity index (χ3n) is 2.57. The summed E-state index contributed by atoms with van der Waals surface area (Å²) in [6.07, 6.45) is 4.34. The molecule has 1 amide bonds. The Hall–Kier alpha value is -1.33. The average molecular weight is 343 g/mol. The number of halogens is 2. The van der Waals surface area contributed by atoms with Crippen LogP contribution < -0.4 is 5.32 Å². The fraction of sp³-hybridized carbons (Fsp3) is 0.231. The summed E-state index contributed by atoms with van der Waals surface area (Å²) in [4.78, 5) is 16.3. The van der Waals surface area contributed by atoms with E-state index in [1.807, 2.05) is 11.5 Å². The van der Waals surface area contributed by atoms with Gasteiger partial charge in [-0.05, 0) is 40.5 Å². The summed E-state index contributed by atoms with van der Waals surface area (Å²) in [6.45, 7) is 2.80. The van der Waals surface area contributed by atoms with Crippen LogP contribution in [-0.4, -0.2) is 15.5 Å². The lowest BCUT2D eigenvalue weighted by molar-refractivity contribution is 0.101. The predicted molar refractivity (Wildman–Crippen MR) is 79.6 cm³/mol. The second-order valence-electron chi connectivity index (χ2n) is 4.03. The lowest BCUT2D eigenvalue weighted by Gasteiger charge is -2.09. The van der Waals surface area contributed by atoms with Crippen molar-refractivity contribution in [2.45, 2.75) is 19.9 Å². The second-order valence-corrected chi connectivity index (χ2v) is 5.22. The number of nitrogens with zero attached hydrogens (tertiary/aromatic N) is 2. The fourth-order valence-corrected chi connectivity index (χ4v) is 2.33. The zero-order valence-corrected chi connectivity index (χ0v) is 12.7. The molecule has 4 nitrogen and oxygen atoms in total. The van der Waals surface area contributed by atoms with Gasteiger partial charge in [-0.25, -0.2) is 4.98 Å². The molecular formula is C13H13BrClN3O. The maximum absolute atomic E-state index is 12.2. The smallest absolute Gasteiger partial charge is 0.272 e. The third kappa shape index (κ3) is 3.36. The molecule has 1 N–H and O–H groups in total. The van der Waals surface area contributed by atoms with Gasteiger partial charge in [0.1, 0.15) is 10.3 Å². The number of nitrogens with one attached hydrogen (secondary N) is 1. The van der Waals surface area contributed by atoms with Gasteiger partial charge in [0.15, 0.2) is 0 Å². The fourth-order valence-electron chi connectivity index (χ4n) is 1.76. The van der Waals surface area contributed by atoms with Gasteiger partial charge < -0.3 is 9.88 Å². The molecule has 0 fully saturated rings. The molecule has 0 aromatic carbocycles. The minimum atomic E-state index is -0.200. The molecule has 0 spiro atoms. The summed E-state index contributed by atoms with van der Waals surface area (Å²) in [7, 11) is 0. The van der Waals surface area contributed by atoms with Crippen LogP contribution in [0.25, 0.3) is 0 Å². The number of pyridine rings is 1. The Labute approximate surface area is 124 Å². The molecule has 0 bridgehead atoms. The van der Waals surface area contributed by atoms with Crippen LogP contribution in [-0.2, 0) is 6.54 Å². The van der Waals surface area contributed by atoms with Crippen molar-refractivity contribution in [3.63, 3.8) is 0 Å². The molecule has 2 heterocycles. The van der Waals surface area contributed by atoms with Crippen molar-refractivity contribution in [3.8, 4) is 0 Å². The lowest BCUT2D eigenvalue weighted by atomic mass is 10.3. The molecule has 0 aliphatic rings. The summed E-state index contributed by atoms with van der Waals surface area (Å²) < 4.78 is 2.45. The molecule has 0 unspecified atom stereocenters. The molecule has 2 rings (SSSR count). The first kappa shape index (κ1) is 14.1. The van der Waals surface area contributed by atoms with E-state index in [4.69, 9.17) is 11.6 Å². The summed E-state index contributed by atoms with van der Waals surface area (Å²) in [5.41, 5.74) is 1.18. The Kier molecular flexibility index (Phi) is 4.61. The molecule has 100 valence electrons. The summed E-state index contributed by atoms with van der Waals surface area (Å²) >= 11 is 9.25. The van der Waals surface area contributed by atoms with Crippen molar-refractivity contribution < 1.29 is 4.79 Å². The molecular weight excluding hydrogens is 330 g/mol. The van der Waals surface area contributed by atoms with Gasteiger partial charge in [0, 0.05) is 18.9 Å². The number of anilines is 1. The number of amides is 1. The van der Waals surface area contributed by atoms with Crippen LogP contribution in [0, 0.1) is 0 Å². The zero-order chi connectivity index (χ0) is 13.8. The largest absolute Gasteiger partial charge is 0.342 e. The van der Waals surface area contributed by atoms with Crippen molar-refractivity contribution in [2.75, 3.05) is 5.32 Å². The number of rotatable bonds is 4. The van der Waals surface area contributed by atoms with Crippen molar-refractivity contribution in [3.05, 3.63) is 45.9 Å². The molecule has 2 aromatic rings. The minimum absolute atomic E-state index is 0.200. The van der Waals surface area contributed by atoms with Gasteiger partial charge in [-0.3, -0.25) is 4.79 Å². The van der Waals surface area contributed by atoms with E-state index in [9.17, 15) is 4.79 Å². The van der Waals surface area contributed by atoms with E-state index in [0.29, 0.717) is 21.0 Å². The van der Waals surface area contributed by atoms with Crippen LogP contribution in [0.15, 0.2) is 35.2 Å². The second kappa shape index (κ2) is 6.21.